The summed E-state index contributed by atoms with van der Waals surface area (Å²) in [7, 11) is 0. The van der Waals surface area contributed by atoms with Gasteiger partial charge in [0.15, 0.2) is 0 Å². The fraction of sp³-hybridized carbons (Fsp3) is 0.444. The molecule has 3 nitrogen and oxygen atoms in total. The molecule has 1 fully saturated rings. The molecule has 1 aliphatic carbocycles. The van der Waals surface area contributed by atoms with Gasteiger partial charge >= 0.3 is 0 Å². The second-order valence-corrected chi connectivity index (χ2v) is 5.79. The minimum Gasteiger partial charge on any atom is -0.294 e. The normalized spacial score (nSPS) is 17.0. The van der Waals surface area contributed by atoms with Gasteiger partial charge in [-0.2, -0.15) is 0 Å². The zero-order chi connectivity index (χ0) is 14.3. The van der Waals surface area contributed by atoms with Crippen molar-refractivity contribution in [2.24, 2.45) is 4.99 Å². The molecule has 0 spiro atoms. The van der Waals surface area contributed by atoms with Crippen LogP contribution in [0.25, 0.3) is 0 Å². The fourth-order valence-corrected chi connectivity index (χ4v) is 2.99. The van der Waals surface area contributed by atoms with E-state index in [9.17, 15) is 0 Å². The number of nitrogens with zero attached hydrogens (tertiary/aromatic N) is 3. The van der Waals surface area contributed by atoms with Gasteiger partial charge < -0.3 is 0 Å². The van der Waals surface area contributed by atoms with Crippen LogP contribution in [0.4, 0.5) is 0 Å². The lowest BCUT2D eigenvalue weighted by molar-refractivity contribution is 0.442. The summed E-state index contributed by atoms with van der Waals surface area (Å²) in [5, 5.41) is 0. The summed E-state index contributed by atoms with van der Waals surface area (Å²) in [6.07, 6.45) is 14.2. The van der Waals surface area contributed by atoms with Gasteiger partial charge in [-0.25, -0.2) is 4.98 Å². The molecule has 21 heavy (non-hydrogen) atoms. The van der Waals surface area contributed by atoms with Crippen molar-refractivity contribution >= 4 is 5.84 Å². The molecule has 2 aromatic rings. The Morgan fingerprint density at radius 1 is 1.14 bits per heavy atom. The molecule has 0 atom stereocenters. The van der Waals surface area contributed by atoms with Gasteiger partial charge in [0.2, 0.25) is 0 Å². The molecule has 1 saturated carbocycles. The van der Waals surface area contributed by atoms with Gasteiger partial charge in [-0.05, 0) is 24.8 Å². The van der Waals surface area contributed by atoms with E-state index < -0.39 is 0 Å². The van der Waals surface area contributed by atoms with Gasteiger partial charge in [0.25, 0.3) is 0 Å². The van der Waals surface area contributed by atoms with E-state index in [0.29, 0.717) is 6.04 Å². The Balaban J connectivity index is 1.71. The number of aromatic nitrogens is 2. The van der Waals surface area contributed by atoms with E-state index in [1.165, 1.54) is 37.7 Å². The van der Waals surface area contributed by atoms with Crippen LogP contribution in [-0.2, 0) is 6.42 Å². The van der Waals surface area contributed by atoms with E-state index in [1.54, 1.807) is 0 Å². The molecule has 0 unspecified atom stereocenters. The molecule has 0 N–H and O–H groups in total. The van der Waals surface area contributed by atoms with Crippen LogP contribution < -0.4 is 0 Å². The first kappa shape index (κ1) is 14.1. The second-order valence-electron chi connectivity index (χ2n) is 5.79. The third kappa shape index (κ3) is 4.03. The third-order valence-electron chi connectivity index (χ3n) is 4.19. The number of aryl methyl sites for hydroxylation is 1. The van der Waals surface area contributed by atoms with Gasteiger partial charge in [0.05, 0.1) is 6.04 Å². The van der Waals surface area contributed by atoms with Crippen LogP contribution in [-0.4, -0.2) is 21.4 Å². The minimum absolute atomic E-state index is 0.506. The highest BCUT2D eigenvalue weighted by Gasteiger charge is 2.14. The summed E-state index contributed by atoms with van der Waals surface area (Å²) < 4.78 is 2.08. The highest BCUT2D eigenvalue weighted by molar-refractivity contribution is 5.84. The van der Waals surface area contributed by atoms with Crippen molar-refractivity contribution in [2.45, 2.75) is 51.0 Å². The molecular formula is C18H23N3. The number of rotatable bonds is 4. The second kappa shape index (κ2) is 7.21. The van der Waals surface area contributed by atoms with E-state index in [0.717, 1.165) is 18.7 Å². The maximum atomic E-state index is 5.03. The van der Waals surface area contributed by atoms with Crippen LogP contribution in [0.5, 0.6) is 0 Å². The summed E-state index contributed by atoms with van der Waals surface area (Å²) in [5.74, 6) is 1.16. The molecular weight excluding hydrogens is 258 g/mol. The predicted molar refractivity (Wildman–Crippen MR) is 86.7 cm³/mol. The molecule has 0 amide bonds. The van der Waals surface area contributed by atoms with Crippen molar-refractivity contribution in [2.75, 3.05) is 0 Å². The predicted octanol–water partition coefficient (Wildman–Crippen LogP) is 4.10. The Bertz CT molecular complexity index is 551. The number of benzene rings is 1. The van der Waals surface area contributed by atoms with Crippen LogP contribution in [0, 0.1) is 0 Å². The van der Waals surface area contributed by atoms with Crippen molar-refractivity contribution in [3.63, 3.8) is 0 Å². The highest BCUT2D eigenvalue weighted by Crippen LogP contribution is 2.21. The first-order chi connectivity index (χ1) is 10.4. The van der Waals surface area contributed by atoms with E-state index in [2.05, 4.69) is 39.9 Å². The molecule has 1 aromatic heterocycles. The van der Waals surface area contributed by atoms with Crippen molar-refractivity contribution in [3.05, 3.63) is 54.6 Å². The molecule has 0 saturated heterocycles. The Morgan fingerprint density at radius 2 is 1.95 bits per heavy atom. The summed E-state index contributed by atoms with van der Waals surface area (Å²) >= 11 is 0. The largest absolute Gasteiger partial charge is 0.294 e. The molecule has 1 aromatic carbocycles. The average Bonchev–Trinajstić information content (AvgIpc) is 3.08. The Morgan fingerprint density at radius 3 is 2.67 bits per heavy atom. The SMILES string of the molecule is c1ccc(CCC(=NC2CCCCC2)n2ccnc2)cc1. The van der Waals surface area contributed by atoms with Crippen LogP contribution in [0.2, 0.25) is 0 Å². The van der Waals surface area contributed by atoms with Gasteiger partial charge in [-0.1, -0.05) is 49.6 Å². The summed E-state index contributed by atoms with van der Waals surface area (Å²) in [5.41, 5.74) is 1.37. The quantitative estimate of drug-likeness (QED) is 0.613. The van der Waals surface area contributed by atoms with Gasteiger partial charge in [0, 0.05) is 18.8 Å². The lowest BCUT2D eigenvalue weighted by Gasteiger charge is -2.19. The minimum atomic E-state index is 0.506. The molecule has 1 aliphatic rings. The van der Waals surface area contributed by atoms with E-state index in [1.807, 2.05) is 18.7 Å². The zero-order valence-electron chi connectivity index (χ0n) is 12.5. The maximum Gasteiger partial charge on any atom is 0.109 e. The fourth-order valence-electron chi connectivity index (χ4n) is 2.99. The lowest BCUT2D eigenvalue weighted by atomic mass is 9.96. The smallest absolute Gasteiger partial charge is 0.109 e. The van der Waals surface area contributed by atoms with Crippen molar-refractivity contribution in [3.8, 4) is 0 Å². The number of hydrogen-bond donors (Lipinski definition) is 0. The highest BCUT2D eigenvalue weighted by atomic mass is 15.1. The zero-order valence-corrected chi connectivity index (χ0v) is 12.5. The third-order valence-corrected chi connectivity index (χ3v) is 4.19. The van der Waals surface area contributed by atoms with Crippen molar-refractivity contribution in [1.82, 2.24) is 9.55 Å². The Kier molecular flexibility index (Phi) is 4.82. The lowest BCUT2D eigenvalue weighted by Crippen LogP contribution is -2.18. The Labute approximate surface area is 126 Å². The number of hydrogen-bond acceptors (Lipinski definition) is 2. The van der Waals surface area contributed by atoms with Crippen LogP contribution in [0.1, 0.15) is 44.1 Å². The molecule has 0 aliphatic heterocycles. The van der Waals surface area contributed by atoms with E-state index >= 15 is 0 Å². The summed E-state index contributed by atoms with van der Waals surface area (Å²) in [6, 6.07) is 11.1. The van der Waals surface area contributed by atoms with Crippen molar-refractivity contribution in [1.29, 1.82) is 0 Å². The summed E-state index contributed by atoms with van der Waals surface area (Å²) in [6.45, 7) is 0. The number of aliphatic imine (C=N–C) groups is 1. The van der Waals surface area contributed by atoms with Crippen LogP contribution in [0.3, 0.4) is 0 Å². The van der Waals surface area contributed by atoms with Crippen molar-refractivity contribution < 1.29 is 0 Å². The molecule has 3 heteroatoms. The molecule has 110 valence electrons. The monoisotopic (exact) mass is 281 g/mol. The molecule has 1 heterocycles. The van der Waals surface area contributed by atoms with Gasteiger partial charge in [-0.3, -0.25) is 9.56 Å². The van der Waals surface area contributed by atoms with Crippen LogP contribution in [0.15, 0.2) is 54.0 Å². The van der Waals surface area contributed by atoms with Gasteiger partial charge in [0.1, 0.15) is 12.2 Å². The first-order valence-electron chi connectivity index (χ1n) is 8.01. The summed E-state index contributed by atoms with van der Waals surface area (Å²) in [4.78, 5) is 9.21. The van der Waals surface area contributed by atoms with Gasteiger partial charge in [-0.15, -0.1) is 0 Å². The molecule has 0 bridgehead atoms. The van der Waals surface area contributed by atoms with E-state index in [4.69, 9.17) is 4.99 Å². The molecule has 0 radical (unpaired) electrons. The number of imidazole rings is 1. The topological polar surface area (TPSA) is 30.2 Å². The van der Waals surface area contributed by atoms with E-state index in [-0.39, 0.29) is 0 Å². The Hall–Kier alpha value is -1.90. The molecule has 3 rings (SSSR count). The standard InChI is InChI=1S/C18H23N3/c1-3-7-16(8-4-1)11-12-18(21-14-13-19-15-21)20-17-9-5-2-6-10-17/h1,3-4,7-8,13-15,17H,2,5-6,9-12H2. The maximum absolute atomic E-state index is 5.03. The average molecular weight is 281 g/mol. The van der Waals surface area contributed by atoms with Crippen LogP contribution >= 0.6 is 0 Å². The first-order valence-corrected chi connectivity index (χ1v) is 8.01.